The van der Waals surface area contributed by atoms with Crippen molar-refractivity contribution in [2.45, 2.75) is 406 Å². The fourth-order valence-corrected chi connectivity index (χ4v) is 11.1. The van der Waals surface area contributed by atoms with Gasteiger partial charge >= 0.3 is 17.9 Å². The second kappa shape index (κ2) is 70.9. The van der Waals surface area contributed by atoms with E-state index in [-0.39, 0.29) is 31.1 Å². The van der Waals surface area contributed by atoms with Gasteiger partial charge in [-0.3, -0.25) is 14.4 Å². The molecule has 0 saturated carbocycles. The molecule has 0 radical (unpaired) electrons. The van der Waals surface area contributed by atoms with Gasteiger partial charge in [-0.1, -0.05) is 371 Å². The van der Waals surface area contributed by atoms with Crippen molar-refractivity contribution in [3.05, 3.63) is 48.6 Å². The molecule has 0 aliphatic carbocycles. The summed E-state index contributed by atoms with van der Waals surface area (Å²) in [6.45, 7) is 6.54. The Morgan fingerprint density at radius 1 is 0.256 bits per heavy atom. The van der Waals surface area contributed by atoms with Crippen LogP contribution in [0.25, 0.3) is 0 Å². The van der Waals surface area contributed by atoms with Crippen molar-refractivity contribution in [1.82, 2.24) is 0 Å². The van der Waals surface area contributed by atoms with Gasteiger partial charge in [0, 0.05) is 19.3 Å². The molecule has 1 atom stereocenters. The Labute approximate surface area is 511 Å². The Morgan fingerprint density at radius 3 is 0.744 bits per heavy atom. The number of rotatable bonds is 68. The molecule has 0 aliphatic heterocycles. The van der Waals surface area contributed by atoms with Crippen molar-refractivity contribution in [3.8, 4) is 0 Å². The van der Waals surface area contributed by atoms with Gasteiger partial charge in [0.25, 0.3) is 0 Å². The van der Waals surface area contributed by atoms with E-state index in [4.69, 9.17) is 14.2 Å². The number of carbonyl (C=O) groups is 3. The van der Waals surface area contributed by atoms with E-state index in [1.54, 1.807) is 0 Å². The highest BCUT2D eigenvalue weighted by molar-refractivity contribution is 5.71. The Morgan fingerprint density at radius 2 is 0.476 bits per heavy atom. The third kappa shape index (κ3) is 68.2. The van der Waals surface area contributed by atoms with E-state index in [2.05, 4.69) is 69.4 Å². The lowest BCUT2D eigenvalue weighted by Gasteiger charge is -2.18. The van der Waals surface area contributed by atoms with E-state index in [0.29, 0.717) is 19.3 Å². The van der Waals surface area contributed by atoms with Crippen LogP contribution in [0, 0.1) is 0 Å². The summed E-state index contributed by atoms with van der Waals surface area (Å²) < 4.78 is 16.9. The van der Waals surface area contributed by atoms with Gasteiger partial charge in [0.1, 0.15) is 13.2 Å². The quantitative estimate of drug-likeness (QED) is 0.0261. The maximum absolute atomic E-state index is 12.9. The standard InChI is InChI=1S/C76H140O6/c1-4-7-10-13-16-18-20-22-24-26-28-30-32-34-35-36-37-38-39-40-41-43-44-46-48-50-52-54-56-58-60-63-66-69-75(78)81-72-73(71-80-74(77)68-65-62-15-12-9-6-3)82-76(79)70-67-64-61-59-57-55-53-51-49-47-45-42-33-31-29-27-25-23-21-19-17-14-11-8-5-2/h7,10,16,18,22,24,28,30,73H,4-6,8-9,11-15,17,19-21,23,25-27,29,31-72H2,1-3H3/b10-7-,18-16-,24-22-,30-28-. The van der Waals surface area contributed by atoms with Crippen molar-refractivity contribution in [3.63, 3.8) is 0 Å². The predicted molar refractivity (Wildman–Crippen MR) is 358 cm³/mol. The van der Waals surface area contributed by atoms with Gasteiger partial charge < -0.3 is 14.2 Å². The highest BCUT2D eigenvalue weighted by Crippen LogP contribution is 2.19. The SMILES string of the molecule is CC/C=C\C/C=C\C/C=C\C/C=C\CCCCCCCCCCCCCCCCCCCCCCC(=O)OCC(COC(=O)CCCCCCCC)OC(=O)CCCCCCCCCCCCCCCCCCCCCCCCCCC. The van der Waals surface area contributed by atoms with Crippen LogP contribution in [-0.4, -0.2) is 37.2 Å². The summed E-state index contributed by atoms with van der Waals surface area (Å²) in [5.74, 6) is -0.847. The minimum Gasteiger partial charge on any atom is -0.462 e. The molecule has 0 spiro atoms. The average molecular weight is 1150 g/mol. The van der Waals surface area contributed by atoms with Crippen molar-refractivity contribution >= 4 is 17.9 Å². The molecule has 0 aromatic carbocycles. The Kier molecular flexibility index (Phi) is 68.6. The van der Waals surface area contributed by atoms with Crippen LogP contribution >= 0.6 is 0 Å². The molecule has 0 bridgehead atoms. The van der Waals surface area contributed by atoms with Crippen LogP contribution < -0.4 is 0 Å². The molecule has 1 unspecified atom stereocenters. The van der Waals surface area contributed by atoms with Crippen LogP contribution in [0.15, 0.2) is 48.6 Å². The zero-order chi connectivity index (χ0) is 59.2. The van der Waals surface area contributed by atoms with E-state index >= 15 is 0 Å². The number of carbonyl (C=O) groups excluding carboxylic acids is 3. The zero-order valence-electron chi connectivity index (χ0n) is 55.3. The monoisotopic (exact) mass is 1150 g/mol. The molecule has 0 amide bonds. The van der Waals surface area contributed by atoms with Gasteiger partial charge in [-0.15, -0.1) is 0 Å². The van der Waals surface area contributed by atoms with Gasteiger partial charge in [0.15, 0.2) is 6.10 Å². The lowest BCUT2D eigenvalue weighted by molar-refractivity contribution is -0.167. The molecule has 82 heavy (non-hydrogen) atoms. The summed E-state index contributed by atoms with van der Waals surface area (Å²) >= 11 is 0. The van der Waals surface area contributed by atoms with Crippen LogP contribution in [0.2, 0.25) is 0 Å². The van der Waals surface area contributed by atoms with Crippen LogP contribution in [0.1, 0.15) is 400 Å². The fourth-order valence-electron chi connectivity index (χ4n) is 11.1. The maximum atomic E-state index is 12.9. The summed E-state index contributed by atoms with van der Waals surface area (Å²) in [5.41, 5.74) is 0. The molecule has 0 aromatic rings. The zero-order valence-corrected chi connectivity index (χ0v) is 55.3. The van der Waals surface area contributed by atoms with Gasteiger partial charge in [-0.05, 0) is 57.8 Å². The minimum absolute atomic E-state index is 0.0658. The summed E-state index contributed by atoms with van der Waals surface area (Å²) in [4.78, 5) is 38.1. The van der Waals surface area contributed by atoms with E-state index < -0.39 is 6.10 Å². The number of hydrogen-bond donors (Lipinski definition) is 0. The molecule has 0 aromatic heterocycles. The van der Waals surface area contributed by atoms with Crippen molar-refractivity contribution < 1.29 is 28.6 Å². The fraction of sp³-hybridized carbons (Fsp3) is 0.855. The molecule has 6 nitrogen and oxygen atoms in total. The first-order valence-electron chi connectivity index (χ1n) is 36.6. The number of ether oxygens (including phenoxy) is 3. The number of hydrogen-bond acceptors (Lipinski definition) is 6. The van der Waals surface area contributed by atoms with Gasteiger partial charge in [-0.25, -0.2) is 0 Å². The molecule has 0 fully saturated rings. The normalized spacial score (nSPS) is 12.3. The molecule has 0 aliphatic rings. The Hall–Kier alpha value is -2.63. The average Bonchev–Trinajstić information content (AvgIpc) is 3.47. The number of unbranched alkanes of at least 4 members (excludes halogenated alkanes) is 49. The molecular formula is C76H140O6. The van der Waals surface area contributed by atoms with E-state index in [1.807, 2.05) is 0 Å². The lowest BCUT2D eigenvalue weighted by Crippen LogP contribution is -2.30. The predicted octanol–water partition coefficient (Wildman–Crippen LogP) is 25.3. The highest BCUT2D eigenvalue weighted by atomic mass is 16.6. The minimum atomic E-state index is -0.766. The van der Waals surface area contributed by atoms with E-state index in [0.717, 1.165) is 83.5 Å². The van der Waals surface area contributed by atoms with Crippen LogP contribution in [0.3, 0.4) is 0 Å². The van der Waals surface area contributed by atoms with Crippen LogP contribution in [0.5, 0.6) is 0 Å². The molecule has 0 rings (SSSR count). The van der Waals surface area contributed by atoms with Crippen LogP contribution in [-0.2, 0) is 28.6 Å². The smallest absolute Gasteiger partial charge is 0.306 e. The van der Waals surface area contributed by atoms with Crippen molar-refractivity contribution in [1.29, 1.82) is 0 Å². The van der Waals surface area contributed by atoms with Gasteiger partial charge in [0.05, 0.1) is 0 Å². The number of allylic oxidation sites excluding steroid dienone is 8. The summed E-state index contributed by atoms with van der Waals surface area (Å²) in [6.07, 6.45) is 90.6. The third-order valence-corrected chi connectivity index (χ3v) is 16.6. The number of esters is 3. The van der Waals surface area contributed by atoms with Gasteiger partial charge in [-0.2, -0.15) is 0 Å². The topological polar surface area (TPSA) is 78.9 Å². The Balaban J connectivity index is 3.93. The molecule has 0 saturated heterocycles. The largest absolute Gasteiger partial charge is 0.462 e. The molecule has 6 heteroatoms. The molecule has 0 heterocycles. The second-order valence-electron chi connectivity index (χ2n) is 24.8. The molecule has 480 valence electrons. The molecule has 0 N–H and O–H groups in total. The van der Waals surface area contributed by atoms with Crippen molar-refractivity contribution in [2.75, 3.05) is 13.2 Å². The Bertz CT molecular complexity index is 1410. The summed E-state index contributed by atoms with van der Waals surface area (Å²) in [5, 5.41) is 0. The summed E-state index contributed by atoms with van der Waals surface area (Å²) in [7, 11) is 0. The van der Waals surface area contributed by atoms with E-state index in [9.17, 15) is 14.4 Å². The lowest BCUT2D eigenvalue weighted by atomic mass is 10.0. The van der Waals surface area contributed by atoms with Crippen LogP contribution in [0.4, 0.5) is 0 Å². The first-order chi connectivity index (χ1) is 40.5. The first-order valence-corrected chi connectivity index (χ1v) is 36.6. The summed E-state index contributed by atoms with van der Waals surface area (Å²) in [6, 6.07) is 0. The van der Waals surface area contributed by atoms with Gasteiger partial charge in [0.2, 0.25) is 0 Å². The second-order valence-corrected chi connectivity index (χ2v) is 24.8. The van der Waals surface area contributed by atoms with Crippen molar-refractivity contribution in [2.24, 2.45) is 0 Å². The molecular weight excluding hydrogens is 1010 g/mol. The first kappa shape index (κ1) is 79.4. The third-order valence-electron chi connectivity index (χ3n) is 16.6. The highest BCUT2D eigenvalue weighted by Gasteiger charge is 2.19. The maximum Gasteiger partial charge on any atom is 0.306 e. The van der Waals surface area contributed by atoms with E-state index in [1.165, 1.54) is 276 Å².